The van der Waals surface area contributed by atoms with E-state index in [-0.39, 0.29) is 11.3 Å². The van der Waals surface area contributed by atoms with E-state index in [9.17, 15) is 9.18 Å². The third-order valence-corrected chi connectivity index (χ3v) is 1.94. The lowest BCUT2D eigenvalue weighted by atomic mass is 10.1. The van der Waals surface area contributed by atoms with Crippen LogP contribution < -0.4 is 4.74 Å². The highest BCUT2D eigenvalue weighted by Crippen LogP contribution is 2.23. The number of nitrogens with zero attached hydrogens (tertiary/aromatic N) is 1. The summed E-state index contributed by atoms with van der Waals surface area (Å²) in [6.07, 6.45) is 0. The quantitative estimate of drug-likeness (QED) is 0.850. The van der Waals surface area contributed by atoms with Crippen LogP contribution in [0.15, 0.2) is 18.2 Å². The lowest BCUT2D eigenvalue weighted by molar-refractivity contribution is -0.152. The van der Waals surface area contributed by atoms with Gasteiger partial charge in [0.25, 0.3) is 0 Å². The Balaban J connectivity index is 3.00. The fraction of sp³-hybridized carbons (Fsp3) is 0.273. The van der Waals surface area contributed by atoms with Crippen molar-refractivity contribution < 1.29 is 19.0 Å². The van der Waals surface area contributed by atoms with Gasteiger partial charge in [0.1, 0.15) is 0 Å². The van der Waals surface area contributed by atoms with Crippen molar-refractivity contribution >= 4 is 5.97 Å². The van der Waals surface area contributed by atoms with Crippen LogP contribution in [0.2, 0.25) is 0 Å². The summed E-state index contributed by atoms with van der Waals surface area (Å²) < 4.78 is 18.4. The lowest BCUT2D eigenvalue weighted by Crippen LogP contribution is -2.38. The Hall–Kier alpha value is -2.09. The molecule has 1 aromatic carbocycles. The van der Waals surface area contributed by atoms with Gasteiger partial charge in [-0.25, -0.2) is 9.18 Å². The fourth-order valence-electron chi connectivity index (χ4n) is 0.972. The summed E-state index contributed by atoms with van der Waals surface area (Å²) in [5.41, 5.74) is -1.37. The molecule has 0 radical (unpaired) electrons. The molecule has 0 bridgehead atoms. The van der Waals surface area contributed by atoms with Gasteiger partial charge < -0.3 is 9.84 Å². The average Bonchev–Trinajstić information content (AvgIpc) is 2.20. The zero-order valence-corrected chi connectivity index (χ0v) is 8.82. The first kappa shape index (κ1) is 12.0. The molecule has 1 aromatic rings. The van der Waals surface area contributed by atoms with Gasteiger partial charge in [-0.05, 0) is 32.0 Å². The van der Waals surface area contributed by atoms with Crippen LogP contribution >= 0.6 is 0 Å². The average molecular weight is 223 g/mol. The Morgan fingerprint density at radius 1 is 1.56 bits per heavy atom. The van der Waals surface area contributed by atoms with Crippen molar-refractivity contribution in [3.8, 4) is 11.8 Å². The summed E-state index contributed by atoms with van der Waals surface area (Å²) in [5.74, 6) is -2.14. The monoisotopic (exact) mass is 223 g/mol. The van der Waals surface area contributed by atoms with Gasteiger partial charge in [0.05, 0.1) is 11.6 Å². The molecule has 0 amide bonds. The number of carboxylic acid groups (broad SMARTS) is 1. The molecule has 0 spiro atoms. The number of benzene rings is 1. The Bertz CT molecular complexity index is 463. The van der Waals surface area contributed by atoms with Gasteiger partial charge in [-0.1, -0.05) is 0 Å². The highest BCUT2D eigenvalue weighted by atomic mass is 19.1. The van der Waals surface area contributed by atoms with Crippen LogP contribution in [0.5, 0.6) is 5.75 Å². The molecule has 0 aliphatic heterocycles. The van der Waals surface area contributed by atoms with Crippen molar-refractivity contribution in [1.29, 1.82) is 5.26 Å². The molecule has 0 atom stereocenters. The first-order valence-corrected chi connectivity index (χ1v) is 4.49. The smallest absolute Gasteiger partial charge is 0.347 e. The lowest BCUT2D eigenvalue weighted by Gasteiger charge is -2.21. The number of carbonyl (C=O) groups is 1. The van der Waals surface area contributed by atoms with Crippen LogP contribution in [0.3, 0.4) is 0 Å². The molecule has 16 heavy (non-hydrogen) atoms. The van der Waals surface area contributed by atoms with E-state index in [0.717, 1.165) is 6.07 Å². The van der Waals surface area contributed by atoms with Crippen LogP contribution in [0.25, 0.3) is 0 Å². The Labute approximate surface area is 91.9 Å². The maximum Gasteiger partial charge on any atom is 0.347 e. The van der Waals surface area contributed by atoms with Gasteiger partial charge >= 0.3 is 5.97 Å². The standard InChI is InChI=1S/C11H10FNO3/c1-11(2,10(14)15)16-9-4-3-7(6-13)5-8(9)12/h3-5H,1-2H3,(H,14,15). The molecular weight excluding hydrogens is 213 g/mol. The highest BCUT2D eigenvalue weighted by Gasteiger charge is 2.30. The minimum atomic E-state index is -1.52. The summed E-state index contributed by atoms with van der Waals surface area (Å²) in [6.45, 7) is 2.62. The SMILES string of the molecule is CC(C)(Oc1ccc(C#N)cc1F)C(=O)O. The Kier molecular flexibility index (Phi) is 3.14. The van der Waals surface area contributed by atoms with E-state index in [4.69, 9.17) is 15.1 Å². The number of hydrogen-bond acceptors (Lipinski definition) is 3. The molecule has 5 heteroatoms. The third-order valence-electron chi connectivity index (χ3n) is 1.94. The van der Waals surface area contributed by atoms with Crippen molar-refractivity contribution in [2.24, 2.45) is 0 Å². The predicted molar refractivity (Wildman–Crippen MR) is 53.5 cm³/mol. The molecule has 0 aromatic heterocycles. The first-order valence-electron chi connectivity index (χ1n) is 4.49. The molecule has 0 aliphatic carbocycles. The molecule has 1 N–H and O–H groups in total. The minimum absolute atomic E-state index is 0.151. The van der Waals surface area contributed by atoms with Crippen molar-refractivity contribution in [2.45, 2.75) is 19.4 Å². The van der Waals surface area contributed by atoms with Crippen molar-refractivity contribution in [1.82, 2.24) is 0 Å². The van der Waals surface area contributed by atoms with E-state index >= 15 is 0 Å². The van der Waals surface area contributed by atoms with E-state index in [2.05, 4.69) is 0 Å². The first-order chi connectivity index (χ1) is 7.36. The topological polar surface area (TPSA) is 70.3 Å². The molecule has 0 heterocycles. The molecule has 4 nitrogen and oxygen atoms in total. The molecule has 0 saturated carbocycles. The maximum atomic E-state index is 13.4. The molecule has 0 fully saturated rings. The van der Waals surface area contributed by atoms with Gasteiger partial charge in [0, 0.05) is 0 Å². The number of halogens is 1. The number of hydrogen-bond donors (Lipinski definition) is 1. The number of ether oxygens (including phenoxy) is 1. The number of rotatable bonds is 3. The maximum absolute atomic E-state index is 13.4. The normalized spacial score (nSPS) is 10.6. The van der Waals surface area contributed by atoms with Gasteiger partial charge in [-0.3, -0.25) is 0 Å². The van der Waals surface area contributed by atoms with Crippen LogP contribution in [0, 0.1) is 17.1 Å². The van der Waals surface area contributed by atoms with Crippen molar-refractivity contribution in [3.05, 3.63) is 29.6 Å². The van der Waals surface area contributed by atoms with E-state index in [1.807, 2.05) is 0 Å². The predicted octanol–water partition coefficient (Wildman–Crippen LogP) is 1.94. The molecule has 0 saturated heterocycles. The van der Waals surface area contributed by atoms with Gasteiger partial charge in [-0.15, -0.1) is 0 Å². The van der Waals surface area contributed by atoms with E-state index < -0.39 is 17.4 Å². The summed E-state index contributed by atoms with van der Waals surface area (Å²) in [5, 5.41) is 17.3. The number of aliphatic carboxylic acids is 1. The zero-order chi connectivity index (χ0) is 12.3. The summed E-state index contributed by atoms with van der Waals surface area (Å²) >= 11 is 0. The molecule has 84 valence electrons. The third kappa shape index (κ3) is 2.48. The molecular formula is C11H10FNO3. The zero-order valence-electron chi connectivity index (χ0n) is 8.82. The Morgan fingerprint density at radius 2 is 2.19 bits per heavy atom. The second-order valence-corrected chi connectivity index (χ2v) is 3.67. The van der Waals surface area contributed by atoms with Gasteiger partial charge in [0.2, 0.25) is 0 Å². The molecule has 0 aliphatic rings. The summed E-state index contributed by atoms with van der Waals surface area (Å²) in [4.78, 5) is 10.8. The van der Waals surface area contributed by atoms with E-state index in [1.54, 1.807) is 6.07 Å². The second kappa shape index (κ2) is 4.19. The van der Waals surface area contributed by atoms with E-state index in [0.29, 0.717) is 0 Å². The molecule has 1 rings (SSSR count). The number of nitriles is 1. The minimum Gasteiger partial charge on any atom is -0.478 e. The highest BCUT2D eigenvalue weighted by molar-refractivity contribution is 5.76. The summed E-state index contributed by atoms with van der Waals surface area (Å²) in [6, 6.07) is 5.35. The van der Waals surface area contributed by atoms with Crippen LogP contribution in [-0.4, -0.2) is 16.7 Å². The van der Waals surface area contributed by atoms with E-state index in [1.165, 1.54) is 26.0 Å². The largest absolute Gasteiger partial charge is 0.478 e. The second-order valence-electron chi connectivity index (χ2n) is 3.67. The van der Waals surface area contributed by atoms with Crippen molar-refractivity contribution in [2.75, 3.05) is 0 Å². The Morgan fingerprint density at radius 3 is 2.62 bits per heavy atom. The van der Waals surface area contributed by atoms with Crippen molar-refractivity contribution in [3.63, 3.8) is 0 Å². The summed E-state index contributed by atoms with van der Waals surface area (Å²) in [7, 11) is 0. The van der Waals surface area contributed by atoms with Gasteiger partial charge in [0.15, 0.2) is 17.2 Å². The van der Waals surface area contributed by atoms with Gasteiger partial charge in [-0.2, -0.15) is 5.26 Å². The number of carboxylic acids is 1. The van der Waals surface area contributed by atoms with Crippen LogP contribution in [0.4, 0.5) is 4.39 Å². The van der Waals surface area contributed by atoms with Crippen LogP contribution in [-0.2, 0) is 4.79 Å². The fourth-order valence-corrected chi connectivity index (χ4v) is 0.972. The van der Waals surface area contributed by atoms with Crippen LogP contribution in [0.1, 0.15) is 19.4 Å². The molecule has 0 unspecified atom stereocenters.